The van der Waals surface area contributed by atoms with Crippen molar-refractivity contribution in [1.29, 1.82) is 0 Å². The molecule has 0 aromatic heterocycles. The maximum atomic E-state index is 12.2. The smallest absolute Gasteiger partial charge is 0.240 e. The summed E-state index contributed by atoms with van der Waals surface area (Å²) in [5.41, 5.74) is -0.427. The van der Waals surface area contributed by atoms with Crippen LogP contribution in [0.5, 0.6) is 0 Å². The Bertz CT molecular complexity index is 337. The predicted molar refractivity (Wildman–Crippen MR) is 69.1 cm³/mol. The van der Waals surface area contributed by atoms with Crippen LogP contribution in [0.2, 0.25) is 0 Å². The van der Waals surface area contributed by atoms with E-state index in [1.165, 1.54) is 0 Å². The van der Waals surface area contributed by atoms with Gasteiger partial charge in [-0.25, -0.2) is 0 Å². The number of nitrogens with zero attached hydrogens (tertiary/aromatic N) is 1. The van der Waals surface area contributed by atoms with E-state index in [0.717, 1.165) is 32.4 Å². The maximum Gasteiger partial charge on any atom is 0.240 e. The average Bonchev–Trinajstić information content (AvgIpc) is 2.90. The van der Waals surface area contributed by atoms with Gasteiger partial charge < -0.3 is 15.5 Å². The van der Waals surface area contributed by atoms with Crippen LogP contribution >= 0.6 is 0 Å². The molecule has 2 aliphatic rings. The van der Waals surface area contributed by atoms with Crippen LogP contribution in [0.1, 0.15) is 39.5 Å². The molecule has 2 rings (SSSR count). The minimum atomic E-state index is -0.427. The van der Waals surface area contributed by atoms with Crippen LogP contribution in [0.4, 0.5) is 0 Å². The molecule has 0 radical (unpaired) electrons. The van der Waals surface area contributed by atoms with Gasteiger partial charge in [-0.15, -0.1) is 0 Å². The number of carbonyl (C=O) groups is 2. The molecule has 0 aromatic carbocycles. The van der Waals surface area contributed by atoms with Gasteiger partial charge in [-0.05, 0) is 39.7 Å². The highest BCUT2D eigenvalue weighted by Gasteiger charge is 2.36. The number of carbonyl (C=O) groups excluding carboxylic acids is 2. The number of amides is 2. The highest BCUT2D eigenvalue weighted by Crippen LogP contribution is 2.18. The molecule has 0 bridgehead atoms. The Labute approximate surface area is 108 Å². The molecule has 2 fully saturated rings. The van der Waals surface area contributed by atoms with Crippen LogP contribution in [0, 0.1) is 0 Å². The minimum absolute atomic E-state index is 0.0128. The first-order valence-corrected chi connectivity index (χ1v) is 6.85. The van der Waals surface area contributed by atoms with Crippen molar-refractivity contribution >= 4 is 11.8 Å². The summed E-state index contributed by atoms with van der Waals surface area (Å²) in [6, 6.07) is 0.0128. The molecule has 102 valence electrons. The molecule has 2 amide bonds. The Morgan fingerprint density at radius 3 is 2.89 bits per heavy atom. The summed E-state index contributed by atoms with van der Waals surface area (Å²) in [4.78, 5) is 25.5. The number of rotatable bonds is 4. The molecule has 5 nitrogen and oxygen atoms in total. The summed E-state index contributed by atoms with van der Waals surface area (Å²) < 4.78 is 0. The summed E-state index contributed by atoms with van der Waals surface area (Å²) in [7, 11) is 0. The van der Waals surface area contributed by atoms with E-state index in [0.29, 0.717) is 13.0 Å². The molecule has 2 saturated heterocycles. The summed E-state index contributed by atoms with van der Waals surface area (Å²) in [6.07, 6.45) is 3.52. The highest BCUT2D eigenvalue weighted by atomic mass is 16.2. The zero-order valence-corrected chi connectivity index (χ0v) is 11.3. The van der Waals surface area contributed by atoms with Crippen molar-refractivity contribution in [2.45, 2.75) is 51.1 Å². The molecule has 2 N–H and O–H groups in total. The van der Waals surface area contributed by atoms with Crippen molar-refractivity contribution in [2.75, 3.05) is 19.6 Å². The molecular weight excluding hydrogens is 230 g/mol. The van der Waals surface area contributed by atoms with Gasteiger partial charge in [-0.2, -0.15) is 0 Å². The second-order valence-corrected chi connectivity index (χ2v) is 5.68. The first-order valence-electron chi connectivity index (χ1n) is 6.85. The molecular formula is C13H23N3O2. The van der Waals surface area contributed by atoms with Crippen LogP contribution in [-0.2, 0) is 9.59 Å². The molecule has 2 heterocycles. The van der Waals surface area contributed by atoms with E-state index in [-0.39, 0.29) is 17.9 Å². The molecule has 0 spiro atoms. The number of nitrogens with one attached hydrogen (secondary N) is 2. The zero-order valence-electron chi connectivity index (χ0n) is 11.3. The third-order valence-electron chi connectivity index (χ3n) is 3.91. The molecule has 2 atom stereocenters. The van der Waals surface area contributed by atoms with Crippen LogP contribution in [0.25, 0.3) is 0 Å². The van der Waals surface area contributed by atoms with Crippen LogP contribution in [0.15, 0.2) is 0 Å². The molecule has 0 aromatic rings. The van der Waals surface area contributed by atoms with E-state index < -0.39 is 5.54 Å². The molecule has 18 heavy (non-hydrogen) atoms. The van der Waals surface area contributed by atoms with Gasteiger partial charge in [0.25, 0.3) is 0 Å². The van der Waals surface area contributed by atoms with Crippen molar-refractivity contribution in [3.63, 3.8) is 0 Å². The summed E-state index contributed by atoms with van der Waals surface area (Å²) in [6.45, 7) is 6.27. The van der Waals surface area contributed by atoms with E-state index in [1.807, 2.05) is 18.7 Å². The highest BCUT2D eigenvalue weighted by molar-refractivity contribution is 5.86. The zero-order chi connectivity index (χ0) is 13.2. The lowest BCUT2D eigenvalue weighted by Gasteiger charge is -2.27. The van der Waals surface area contributed by atoms with Crippen molar-refractivity contribution in [2.24, 2.45) is 0 Å². The monoisotopic (exact) mass is 253 g/mol. The lowest BCUT2D eigenvalue weighted by atomic mass is 9.99. The largest absolute Gasteiger partial charge is 0.350 e. The van der Waals surface area contributed by atoms with Gasteiger partial charge in [0.15, 0.2) is 0 Å². The minimum Gasteiger partial charge on any atom is -0.350 e. The number of likely N-dealkylation sites (tertiary alicyclic amines) is 1. The maximum absolute atomic E-state index is 12.2. The first kappa shape index (κ1) is 13.3. The fourth-order valence-corrected chi connectivity index (χ4v) is 2.74. The van der Waals surface area contributed by atoms with Crippen LogP contribution in [-0.4, -0.2) is 47.9 Å². The summed E-state index contributed by atoms with van der Waals surface area (Å²) >= 11 is 0. The second kappa shape index (κ2) is 5.26. The van der Waals surface area contributed by atoms with Gasteiger partial charge in [0.1, 0.15) is 0 Å². The third kappa shape index (κ3) is 2.83. The van der Waals surface area contributed by atoms with Gasteiger partial charge in [-0.1, -0.05) is 0 Å². The van der Waals surface area contributed by atoms with Gasteiger partial charge in [0, 0.05) is 25.6 Å². The van der Waals surface area contributed by atoms with E-state index in [1.54, 1.807) is 0 Å². The molecule has 5 heteroatoms. The van der Waals surface area contributed by atoms with Crippen molar-refractivity contribution in [1.82, 2.24) is 15.5 Å². The molecule has 2 aliphatic heterocycles. The first-order chi connectivity index (χ1) is 8.51. The Morgan fingerprint density at radius 2 is 2.33 bits per heavy atom. The molecule has 2 unspecified atom stereocenters. The fourth-order valence-electron chi connectivity index (χ4n) is 2.74. The van der Waals surface area contributed by atoms with E-state index in [4.69, 9.17) is 0 Å². The lowest BCUT2D eigenvalue weighted by Crippen LogP contribution is -2.55. The number of hydrogen-bond acceptors (Lipinski definition) is 3. The number of hydrogen-bond donors (Lipinski definition) is 2. The summed E-state index contributed by atoms with van der Waals surface area (Å²) in [5, 5.41) is 6.26. The average molecular weight is 253 g/mol. The third-order valence-corrected chi connectivity index (χ3v) is 3.91. The lowest BCUT2D eigenvalue weighted by molar-refractivity contribution is -0.130. The van der Waals surface area contributed by atoms with Crippen molar-refractivity contribution < 1.29 is 9.59 Å². The van der Waals surface area contributed by atoms with E-state index >= 15 is 0 Å². The van der Waals surface area contributed by atoms with Crippen LogP contribution in [0.3, 0.4) is 0 Å². The Hall–Kier alpha value is -1.10. The topological polar surface area (TPSA) is 61.4 Å². The van der Waals surface area contributed by atoms with Crippen LogP contribution < -0.4 is 10.6 Å². The second-order valence-electron chi connectivity index (χ2n) is 5.68. The SMILES string of the molecule is CC(CN1CCCC1=O)NC(=O)C1(C)CCCN1. The van der Waals surface area contributed by atoms with Crippen molar-refractivity contribution in [3.05, 3.63) is 0 Å². The van der Waals surface area contributed by atoms with Gasteiger partial charge in [0.05, 0.1) is 5.54 Å². The van der Waals surface area contributed by atoms with Gasteiger partial charge >= 0.3 is 0 Å². The quantitative estimate of drug-likeness (QED) is 0.755. The van der Waals surface area contributed by atoms with Gasteiger partial charge in [-0.3, -0.25) is 9.59 Å². The Kier molecular flexibility index (Phi) is 3.90. The van der Waals surface area contributed by atoms with E-state index in [9.17, 15) is 9.59 Å². The van der Waals surface area contributed by atoms with E-state index in [2.05, 4.69) is 10.6 Å². The summed E-state index contributed by atoms with van der Waals surface area (Å²) in [5.74, 6) is 0.264. The fraction of sp³-hybridized carbons (Fsp3) is 0.846. The predicted octanol–water partition coefficient (Wildman–Crippen LogP) is 0.256. The van der Waals surface area contributed by atoms with Crippen molar-refractivity contribution in [3.8, 4) is 0 Å². The standard InChI is InChI=1S/C13H23N3O2/c1-10(9-16-8-3-5-11(16)17)15-12(18)13(2)6-4-7-14-13/h10,14H,3-9H2,1-2H3,(H,15,18). The van der Waals surface area contributed by atoms with Gasteiger partial charge in [0.2, 0.25) is 11.8 Å². The molecule has 0 saturated carbocycles. The Balaban J connectivity index is 1.81. The Morgan fingerprint density at radius 1 is 1.56 bits per heavy atom. The normalized spacial score (nSPS) is 29.7. The molecule has 0 aliphatic carbocycles.